The summed E-state index contributed by atoms with van der Waals surface area (Å²) in [5, 5.41) is 45.6. The summed E-state index contributed by atoms with van der Waals surface area (Å²) in [7, 11) is 0. The number of hydrogen-bond acceptors (Lipinski definition) is 13. The maximum atomic E-state index is 13.3. The number of phenols is 2. The number of nitrogen functional groups attached to an aromatic ring is 1. The number of carboxylic acids is 2. The van der Waals surface area contributed by atoms with Gasteiger partial charge in [-0.2, -0.15) is 0 Å². The number of imidazole rings is 1. The smallest absolute Gasteiger partial charge is 0.352 e. The Balaban J connectivity index is 1.20. The van der Waals surface area contributed by atoms with Crippen molar-refractivity contribution in [3.05, 3.63) is 64.8 Å². The van der Waals surface area contributed by atoms with E-state index in [-0.39, 0.29) is 52.5 Å². The lowest BCUT2D eigenvalue weighted by molar-refractivity contribution is -0.688. The van der Waals surface area contributed by atoms with Crippen LogP contribution in [-0.4, -0.2) is 92.9 Å². The van der Waals surface area contributed by atoms with Gasteiger partial charge in [-0.25, -0.2) is 23.7 Å². The molecule has 0 radical (unpaired) electrons. The molecule has 1 fully saturated rings. The molecule has 2 amide bonds. The highest BCUT2D eigenvalue weighted by Crippen LogP contribution is 2.40. The molecule has 0 aliphatic carbocycles. The highest BCUT2D eigenvalue weighted by atomic mass is 32.2. The fourth-order valence-corrected chi connectivity index (χ4v) is 7.00. The van der Waals surface area contributed by atoms with Crippen LogP contribution in [-0.2, 0) is 37.1 Å². The van der Waals surface area contributed by atoms with Gasteiger partial charge in [-0.1, -0.05) is 5.16 Å². The molecule has 17 nitrogen and oxygen atoms in total. The van der Waals surface area contributed by atoms with E-state index in [4.69, 9.17) is 10.6 Å². The molecule has 4 heterocycles. The third kappa shape index (κ3) is 7.73. The number of carboxylic acid groups (broad SMARTS) is 2. The largest absolute Gasteiger partial charge is 0.504 e. The van der Waals surface area contributed by atoms with Gasteiger partial charge in [0, 0.05) is 28.7 Å². The number of rotatable bonds is 15. The molecule has 7 N–H and O–H groups in total. The number of nitrogens with two attached hydrogens (primary N) is 1. The van der Waals surface area contributed by atoms with Crippen molar-refractivity contribution in [2.75, 3.05) is 11.5 Å². The number of aromatic nitrogens is 3. The Labute approximate surface area is 292 Å². The van der Waals surface area contributed by atoms with Gasteiger partial charge in [-0.05, 0) is 44.9 Å². The first kappa shape index (κ1) is 35.9. The number of aryl methyl sites for hydroxylation is 1. The normalized spacial score (nSPS) is 17.6. The van der Waals surface area contributed by atoms with Crippen LogP contribution in [0.25, 0.3) is 0 Å². The third-order valence-electron chi connectivity index (χ3n) is 7.88. The maximum Gasteiger partial charge on any atom is 0.352 e. The monoisotopic (exact) mass is 728 g/mol. The van der Waals surface area contributed by atoms with Gasteiger partial charge >= 0.3 is 11.9 Å². The number of anilines is 1. The lowest BCUT2D eigenvalue weighted by Crippen LogP contribution is -2.71. The zero-order valence-electron chi connectivity index (χ0n) is 26.8. The van der Waals surface area contributed by atoms with Crippen molar-refractivity contribution in [1.82, 2.24) is 19.8 Å². The summed E-state index contributed by atoms with van der Waals surface area (Å²) in [6.45, 7) is 3.25. The summed E-state index contributed by atoms with van der Waals surface area (Å²) in [5.74, 6) is -4.70. The summed E-state index contributed by atoms with van der Waals surface area (Å²) >= 11 is 2.29. The number of β-lactam (4-membered cyclic amide) rings is 1. The van der Waals surface area contributed by atoms with Crippen molar-refractivity contribution in [3.63, 3.8) is 0 Å². The van der Waals surface area contributed by atoms with Gasteiger partial charge in [0.15, 0.2) is 28.1 Å². The van der Waals surface area contributed by atoms with Crippen LogP contribution >= 0.6 is 23.1 Å². The molecule has 2 atom stereocenters. The number of hydrogen-bond donors (Lipinski definition) is 6. The van der Waals surface area contributed by atoms with Crippen LogP contribution in [0.2, 0.25) is 0 Å². The number of nitrogens with one attached hydrogen (secondary N) is 1. The van der Waals surface area contributed by atoms with E-state index in [1.165, 1.54) is 49.2 Å². The first-order chi connectivity index (χ1) is 23.7. The van der Waals surface area contributed by atoms with Crippen molar-refractivity contribution >= 4 is 63.5 Å². The highest BCUT2D eigenvalue weighted by Gasteiger charge is 2.54. The van der Waals surface area contributed by atoms with E-state index in [0.29, 0.717) is 30.5 Å². The number of nitrogens with zero attached hydrogens (tertiary/aromatic N) is 5. The van der Waals surface area contributed by atoms with Gasteiger partial charge < -0.3 is 36.3 Å². The molecular formula is C31H34N7O10S2+. The number of thiazole rings is 1. The number of thioether (sulfide) groups is 1. The van der Waals surface area contributed by atoms with Gasteiger partial charge in [0.25, 0.3) is 11.8 Å². The van der Waals surface area contributed by atoms with Crippen molar-refractivity contribution in [1.29, 1.82) is 0 Å². The number of carbonyl (C=O) groups is 5. The first-order valence-electron chi connectivity index (χ1n) is 15.2. The molecule has 1 aromatic carbocycles. The van der Waals surface area contributed by atoms with E-state index in [2.05, 4.69) is 15.5 Å². The van der Waals surface area contributed by atoms with E-state index >= 15 is 0 Å². The molecule has 2 aliphatic heterocycles. The lowest BCUT2D eigenvalue weighted by atomic mass is 10.0. The van der Waals surface area contributed by atoms with Crippen molar-refractivity contribution in [3.8, 4) is 11.5 Å². The van der Waals surface area contributed by atoms with Crippen LogP contribution in [0.1, 0.15) is 49.2 Å². The number of unbranched alkanes of at least 4 members (excludes halogenated alkanes) is 1. The van der Waals surface area contributed by atoms with Gasteiger partial charge in [-0.3, -0.25) is 19.3 Å². The molecule has 19 heteroatoms. The van der Waals surface area contributed by atoms with Gasteiger partial charge in [0.2, 0.25) is 11.9 Å². The van der Waals surface area contributed by atoms with Gasteiger partial charge in [-0.15, -0.1) is 23.1 Å². The summed E-state index contributed by atoms with van der Waals surface area (Å²) < 4.78 is 3.68. The average Bonchev–Trinajstić information content (AvgIpc) is 3.71. The number of fused-ring (bicyclic) bond motifs is 1. The number of benzene rings is 1. The molecule has 2 aliphatic rings. The zero-order chi connectivity index (χ0) is 36.3. The van der Waals surface area contributed by atoms with E-state index in [1.807, 2.05) is 10.8 Å². The topological polar surface area (TPSA) is 251 Å². The van der Waals surface area contributed by atoms with Crippen molar-refractivity contribution in [2.45, 2.75) is 63.2 Å². The summed E-state index contributed by atoms with van der Waals surface area (Å²) in [4.78, 5) is 73.2. The molecule has 50 heavy (non-hydrogen) atoms. The Bertz CT molecular complexity index is 1920. The predicted octanol–water partition coefficient (Wildman–Crippen LogP) is 1.30. The van der Waals surface area contributed by atoms with E-state index in [9.17, 15) is 44.4 Å². The van der Waals surface area contributed by atoms with E-state index < -0.39 is 46.5 Å². The maximum absolute atomic E-state index is 13.3. The zero-order valence-corrected chi connectivity index (χ0v) is 28.4. The number of oxime groups is 1. The van der Waals surface area contributed by atoms with Crippen molar-refractivity contribution in [2.24, 2.45) is 5.16 Å². The van der Waals surface area contributed by atoms with Gasteiger partial charge in [0.1, 0.15) is 41.7 Å². The quantitative estimate of drug-likeness (QED) is 0.0246. The molecule has 264 valence electrons. The van der Waals surface area contributed by atoms with Crippen LogP contribution in [0.15, 0.2) is 58.7 Å². The molecule has 0 spiro atoms. The molecule has 3 aromatic rings. The fraction of sp³-hybridized carbons (Fsp3) is 0.355. The third-order valence-corrected chi connectivity index (χ3v) is 9.90. The van der Waals surface area contributed by atoms with Crippen LogP contribution in [0, 0.1) is 0 Å². The Kier molecular flexibility index (Phi) is 10.5. The van der Waals surface area contributed by atoms with Crippen LogP contribution in [0.4, 0.5) is 5.13 Å². The Hall–Kier alpha value is -5.43. The minimum absolute atomic E-state index is 0.00667. The van der Waals surface area contributed by atoms with Crippen LogP contribution in [0.5, 0.6) is 11.5 Å². The fourth-order valence-electron chi connectivity index (χ4n) is 5.12. The molecule has 0 unspecified atom stereocenters. The molecule has 5 rings (SSSR count). The second kappa shape index (κ2) is 14.6. The Morgan fingerprint density at radius 3 is 2.60 bits per heavy atom. The average molecular weight is 729 g/mol. The minimum atomic E-state index is -1.78. The minimum Gasteiger partial charge on any atom is -0.504 e. The molecule has 2 aromatic heterocycles. The summed E-state index contributed by atoms with van der Waals surface area (Å²) in [6.07, 6.45) is 6.90. The Morgan fingerprint density at radius 1 is 1.18 bits per heavy atom. The van der Waals surface area contributed by atoms with Crippen molar-refractivity contribution < 1.29 is 53.8 Å². The predicted molar refractivity (Wildman–Crippen MR) is 178 cm³/mol. The molecule has 0 saturated carbocycles. The van der Waals surface area contributed by atoms with Gasteiger partial charge in [0.05, 0.1) is 6.54 Å². The second-order valence-electron chi connectivity index (χ2n) is 11.9. The molecule has 1 saturated heterocycles. The number of amides is 2. The molecule has 0 bridgehead atoms. The number of phenolic OH excluding ortho intramolecular Hbond substituents is 2. The second-order valence-corrected chi connectivity index (χ2v) is 13.9. The molecular weight excluding hydrogens is 695 g/mol. The highest BCUT2D eigenvalue weighted by molar-refractivity contribution is 8.00. The number of Topliss-reactive ketones (excluding diaryl/α,β-unsaturated/α-hetero) is 1. The summed E-state index contributed by atoms with van der Waals surface area (Å²) in [5.41, 5.74) is 4.16. The van der Waals surface area contributed by atoms with E-state index in [1.54, 1.807) is 17.1 Å². The first-order valence-corrected chi connectivity index (χ1v) is 17.1. The SMILES string of the molecule is CC(C)(O/N=C(/C(=O)N[C@@H]1C(=O)N2C(C(=O)O)=C(C[n+]3ccn(CCCCC(=O)c4ccc(O)c(O)c4)c3)CS[C@H]12)c1csc(N)n1)C(=O)O. The number of carbonyl (C=O) groups excluding carboxylic acids is 3. The summed E-state index contributed by atoms with van der Waals surface area (Å²) in [6, 6.07) is 2.86. The van der Waals surface area contributed by atoms with Crippen LogP contribution in [0.3, 0.4) is 0 Å². The number of aromatic hydroxyl groups is 2. The number of aliphatic carboxylic acids is 2. The van der Waals surface area contributed by atoms with Crippen LogP contribution < -0.4 is 15.6 Å². The van der Waals surface area contributed by atoms with E-state index in [0.717, 1.165) is 16.2 Å². The standard InChI is InChI=1S/C31H33N7O10S2/c1-31(2,29(46)47)48-35-22(18-14-50-30(32)33-18)25(42)34-23-26(43)38-24(28(44)45)17(13-49-27(23)38)12-37-10-9-36(15-37)8-4-3-5-19(39)16-6-7-20(40)21(41)11-16/h6-7,9-11,14-15,23,27H,3-5,8,12-13H2,1-2H3,(H6-,32,33,34,35,39,40,41,42,44,45,46,47)/p+1/t23-,27-/m1/s1. The Morgan fingerprint density at radius 2 is 1.94 bits per heavy atom. The number of ketones is 1. The lowest BCUT2D eigenvalue weighted by Gasteiger charge is -2.49.